The third-order valence-corrected chi connectivity index (χ3v) is 3.87. The van der Waals surface area contributed by atoms with Crippen LogP contribution in [0.15, 0.2) is 22.8 Å². The first-order chi connectivity index (χ1) is 7.75. The van der Waals surface area contributed by atoms with Gasteiger partial charge >= 0.3 is 0 Å². The molecule has 0 bridgehead atoms. The minimum atomic E-state index is 0.763. The van der Waals surface area contributed by atoms with Crippen molar-refractivity contribution in [3.05, 3.63) is 28.5 Å². The Morgan fingerprint density at radius 2 is 2.06 bits per heavy atom. The molecule has 0 amide bonds. The first-order valence-electron chi connectivity index (χ1n) is 6.06. The Kier molecular flexibility index (Phi) is 4.36. The van der Waals surface area contributed by atoms with Gasteiger partial charge in [-0.15, -0.1) is 0 Å². The molecular formula is C13H19BrN2. The summed E-state index contributed by atoms with van der Waals surface area (Å²) >= 11 is 3.41. The SMILES string of the molecule is CN(Cc1ccc(Br)cn1)C1CCCCC1. The molecule has 3 heteroatoms. The topological polar surface area (TPSA) is 16.1 Å². The molecule has 2 nitrogen and oxygen atoms in total. The molecule has 0 spiro atoms. The molecule has 16 heavy (non-hydrogen) atoms. The van der Waals surface area contributed by atoms with E-state index in [0.29, 0.717) is 0 Å². The maximum absolute atomic E-state index is 4.42. The molecule has 1 aromatic heterocycles. The number of hydrogen-bond acceptors (Lipinski definition) is 2. The highest BCUT2D eigenvalue weighted by molar-refractivity contribution is 9.10. The van der Waals surface area contributed by atoms with Crippen LogP contribution in [0.2, 0.25) is 0 Å². The molecule has 1 aromatic rings. The number of aromatic nitrogens is 1. The predicted molar refractivity (Wildman–Crippen MR) is 70.3 cm³/mol. The van der Waals surface area contributed by atoms with Gasteiger partial charge in [-0.3, -0.25) is 9.88 Å². The molecule has 1 heterocycles. The van der Waals surface area contributed by atoms with Gasteiger partial charge in [-0.1, -0.05) is 19.3 Å². The lowest BCUT2D eigenvalue weighted by Crippen LogP contribution is -2.33. The first-order valence-corrected chi connectivity index (χ1v) is 6.85. The summed E-state index contributed by atoms with van der Waals surface area (Å²) in [4.78, 5) is 6.88. The van der Waals surface area contributed by atoms with Crippen LogP contribution in [-0.2, 0) is 6.54 Å². The van der Waals surface area contributed by atoms with Gasteiger partial charge in [-0.05, 0) is 48.0 Å². The van der Waals surface area contributed by atoms with Crippen LogP contribution in [0.1, 0.15) is 37.8 Å². The fourth-order valence-corrected chi connectivity index (χ4v) is 2.64. The average Bonchev–Trinajstić information content (AvgIpc) is 2.33. The Labute approximate surface area is 106 Å². The second-order valence-corrected chi connectivity index (χ2v) is 5.59. The van der Waals surface area contributed by atoms with Crippen molar-refractivity contribution in [1.82, 2.24) is 9.88 Å². The van der Waals surface area contributed by atoms with Crippen molar-refractivity contribution in [2.75, 3.05) is 7.05 Å². The molecule has 0 radical (unpaired) electrons. The molecular weight excluding hydrogens is 264 g/mol. The van der Waals surface area contributed by atoms with E-state index in [2.05, 4.69) is 45.0 Å². The second kappa shape index (κ2) is 5.78. The fourth-order valence-electron chi connectivity index (χ4n) is 2.41. The largest absolute Gasteiger partial charge is 0.298 e. The normalized spacial score (nSPS) is 17.9. The van der Waals surface area contributed by atoms with Crippen molar-refractivity contribution < 1.29 is 0 Å². The Morgan fingerprint density at radius 3 is 2.69 bits per heavy atom. The van der Waals surface area contributed by atoms with E-state index >= 15 is 0 Å². The van der Waals surface area contributed by atoms with Gasteiger partial charge in [0.2, 0.25) is 0 Å². The van der Waals surface area contributed by atoms with Crippen LogP contribution in [0.5, 0.6) is 0 Å². The Hall–Kier alpha value is -0.410. The molecule has 0 aliphatic heterocycles. The summed E-state index contributed by atoms with van der Waals surface area (Å²) < 4.78 is 1.05. The Balaban J connectivity index is 1.90. The van der Waals surface area contributed by atoms with Gasteiger partial charge in [0.05, 0.1) is 5.69 Å². The summed E-state index contributed by atoms with van der Waals surface area (Å²) in [7, 11) is 2.22. The highest BCUT2D eigenvalue weighted by Gasteiger charge is 2.17. The third-order valence-electron chi connectivity index (χ3n) is 3.40. The van der Waals surface area contributed by atoms with Crippen LogP contribution in [0.25, 0.3) is 0 Å². The monoisotopic (exact) mass is 282 g/mol. The quantitative estimate of drug-likeness (QED) is 0.842. The van der Waals surface area contributed by atoms with Gasteiger partial charge in [-0.25, -0.2) is 0 Å². The zero-order valence-corrected chi connectivity index (χ0v) is 11.4. The molecule has 0 atom stereocenters. The van der Waals surface area contributed by atoms with Crippen molar-refractivity contribution >= 4 is 15.9 Å². The minimum Gasteiger partial charge on any atom is -0.298 e. The van der Waals surface area contributed by atoms with Crippen LogP contribution < -0.4 is 0 Å². The maximum atomic E-state index is 4.42. The van der Waals surface area contributed by atoms with Gasteiger partial charge in [0, 0.05) is 23.3 Å². The van der Waals surface area contributed by atoms with Crippen LogP contribution in [0.3, 0.4) is 0 Å². The van der Waals surface area contributed by atoms with E-state index in [1.807, 2.05) is 6.20 Å². The van der Waals surface area contributed by atoms with Crippen LogP contribution in [0.4, 0.5) is 0 Å². The number of halogens is 1. The van der Waals surface area contributed by atoms with E-state index in [1.165, 1.54) is 32.1 Å². The van der Waals surface area contributed by atoms with Crippen LogP contribution in [0, 0.1) is 0 Å². The predicted octanol–water partition coefficient (Wildman–Crippen LogP) is 3.61. The highest BCUT2D eigenvalue weighted by atomic mass is 79.9. The number of pyridine rings is 1. The van der Waals surface area contributed by atoms with Crippen molar-refractivity contribution in [3.63, 3.8) is 0 Å². The number of nitrogens with zero attached hydrogens (tertiary/aromatic N) is 2. The third kappa shape index (κ3) is 3.29. The van der Waals surface area contributed by atoms with Crippen LogP contribution >= 0.6 is 15.9 Å². The molecule has 2 rings (SSSR count). The van der Waals surface area contributed by atoms with E-state index in [-0.39, 0.29) is 0 Å². The van der Waals surface area contributed by atoms with Crippen molar-refractivity contribution in [2.24, 2.45) is 0 Å². The fraction of sp³-hybridized carbons (Fsp3) is 0.615. The van der Waals surface area contributed by atoms with E-state index in [9.17, 15) is 0 Å². The zero-order chi connectivity index (χ0) is 11.4. The molecule has 0 N–H and O–H groups in total. The second-order valence-electron chi connectivity index (χ2n) is 4.67. The zero-order valence-electron chi connectivity index (χ0n) is 9.82. The van der Waals surface area contributed by atoms with Gasteiger partial charge in [0.25, 0.3) is 0 Å². The van der Waals surface area contributed by atoms with Gasteiger partial charge < -0.3 is 0 Å². The first kappa shape index (κ1) is 12.1. The van der Waals surface area contributed by atoms with E-state index in [4.69, 9.17) is 0 Å². The van der Waals surface area contributed by atoms with Gasteiger partial charge in [0.15, 0.2) is 0 Å². The molecule has 1 aliphatic rings. The molecule has 0 aromatic carbocycles. The molecule has 0 unspecified atom stereocenters. The summed E-state index contributed by atoms with van der Waals surface area (Å²) in [5.74, 6) is 0. The standard InChI is InChI=1S/C13H19BrN2/c1-16(13-5-3-2-4-6-13)10-12-8-7-11(14)9-15-12/h7-9,13H,2-6,10H2,1H3. The Morgan fingerprint density at radius 1 is 1.31 bits per heavy atom. The average molecular weight is 283 g/mol. The summed E-state index contributed by atoms with van der Waals surface area (Å²) in [5, 5.41) is 0. The van der Waals surface area contributed by atoms with Gasteiger partial charge in [-0.2, -0.15) is 0 Å². The number of hydrogen-bond donors (Lipinski definition) is 0. The van der Waals surface area contributed by atoms with Crippen molar-refractivity contribution in [1.29, 1.82) is 0 Å². The van der Waals surface area contributed by atoms with E-state index in [0.717, 1.165) is 22.8 Å². The molecule has 88 valence electrons. The lowest BCUT2D eigenvalue weighted by Gasteiger charge is -2.30. The van der Waals surface area contributed by atoms with Gasteiger partial charge in [0.1, 0.15) is 0 Å². The molecule has 1 saturated carbocycles. The van der Waals surface area contributed by atoms with E-state index < -0.39 is 0 Å². The smallest absolute Gasteiger partial charge is 0.0544 e. The summed E-state index contributed by atoms with van der Waals surface area (Å²) in [6.45, 7) is 0.970. The van der Waals surface area contributed by atoms with Crippen molar-refractivity contribution in [3.8, 4) is 0 Å². The summed E-state index contributed by atoms with van der Waals surface area (Å²) in [6, 6.07) is 4.93. The highest BCUT2D eigenvalue weighted by Crippen LogP contribution is 2.22. The summed E-state index contributed by atoms with van der Waals surface area (Å²) in [5.41, 5.74) is 1.16. The van der Waals surface area contributed by atoms with Crippen molar-refractivity contribution in [2.45, 2.75) is 44.7 Å². The summed E-state index contributed by atoms with van der Waals surface area (Å²) in [6.07, 6.45) is 8.79. The molecule has 1 fully saturated rings. The lowest BCUT2D eigenvalue weighted by molar-refractivity contribution is 0.183. The maximum Gasteiger partial charge on any atom is 0.0544 e. The molecule has 1 aliphatic carbocycles. The van der Waals surface area contributed by atoms with E-state index in [1.54, 1.807) is 0 Å². The Bertz CT molecular complexity index is 317. The molecule has 0 saturated heterocycles. The van der Waals surface area contributed by atoms with Crippen LogP contribution in [-0.4, -0.2) is 23.0 Å². The number of rotatable bonds is 3. The lowest BCUT2D eigenvalue weighted by atomic mass is 9.94. The minimum absolute atomic E-state index is 0.763.